The van der Waals surface area contributed by atoms with Gasteiger partial charge in [-0.05, 0) is 36.8 Å². The van der Waals surface area contributed by atoms with E-state index in [1.807, 2.05) is 44.2 Å². The van der Waals surface area contributed by atoms with Gasteiger partial charge in [0.1, 0.15) is 5.82 Å². The number of hydrogen-bond acceptors (Lipinski definition) is 2. The number of nitrogens with zero attached hydrogens (tertiary/aromatic N) is 2. The van der Waals surface area contributed by atoms with Crippen LogP contribution in [0.15, 0.2) is 53.0 Å². The highest BCUT2D eigenvalue weighted by molar-refractivity contribution is 9.10. The zero-order chi connectivity index (χ0) is 17.1. The molecule has 1 atom stereocenters. The van der Waals surface area contributed by atoms with Crippen LogP contribution in [0.3, 0.4) is 0 Å². The minimum atomic E-state index is -0.142. The fourth-order valence-corrected chi connectivity index (χ4v) is 3.26. The minimum absolute atomic E-state index is 0.0311. The number of amides is 1. The van der Waals surface area contributed by atoms with E-state index in [-0.39, 0.29) is 11.9 Å². The molecule has 5 heteroatoms. The Labute approximate surface area is 150 Å². The molecule has 1 aromatic heterocycles. The summed E-state index contributed by atoms with van der Waals surface area (Å²) in [6, 6.07) is 16.2. The molecule has 1 heterocycles. The van der Waals surface area contributed by atoms with Crippen LogP contribution in [-0.4, -0.2) is 15.5 Å². The molecule has 1 unspecified atom stereocenters. The van der Waals surface area contributed by atoms with Crippen molar-refractivity contribution >= 4 is 32.9 Å². The molecule has 2 aromatic carbocycles. The van der Waals surface area contributed by atoms with Crippen molar-refractivity contribution in [1.29, 1.82) is 0 Å². The van der Waals surface area contributed by atoms with Crippen LogP contribution in [0, 0.1) is 0 Å². The number of rotatable bonds is 5. The van der Waals surface area contributed by atoms with E-state index in [2.05, 4.69) is 44.0 Å². The summed E-state index contributed by atoms with van der Waals surface area (Å²) >= 11 is 3.52. The normalized spacial score (nSPS) is 12.3. The molecule has 4 nitrogen and oxygen atoms in total. The monoisotopic (exact) mass is 385 g/mol. The molecule has 0 aliphatic rings. The van der Waals surface area contributed by atoms with Crippen molar-refractivity contribution in [2.75, 3.05) is 0 Å². The Bertz CT molecular complexity index is 872. The summed E-state index contributed by atoms with van der Waals surface area (Å²) < 4.78 is 3.23. The van der Waals surface area contributed by atoms with Crippen molar-refractivity contribution < 1.29 is 4.79 Å². The van der Waals surface area contributed by atoms with Crippen LogP contribution in [0.4, 0.5) is 0 Å². The molecule has 0 spiro atoms. The lowest BCUT2D eigenvalue weighted by atomic mass is 10.2. The van der Waals surface area contributed by atoms with Gasteiger partial charge in [0, 0.05) is 17.4 Å². The maximum absolute atomic E-state index is 11.8. The van der Waals surface area contributed by atoms with Crippen LogP contribution >= 0.6 is 15.9 Å². The number of benzene rings is 2. The molecule has 0 bridgehead atoms. The van der Waals surface area contributed by atoms with E-state index in [9.17, 15) is 4.79 Å². The van der Waals surface area contributed by atoms with E-state index in [4.69, 9.17) is 4.98 Å². The van der Waals surface area contributed by atoms with Crippen molar-refractivity contribution in [3.05, 3.63) is 64.4 Å². The molecule has 0 aliphatic heterocycles. The number of hydrogen-bond donors (Lipinski definition) is 1. The summed E-state index contributed by atoms with van der Waals surface area (Å²) in [5.74, 6) is 0.904. The first-order valence-electron chi connectivity index (χ1n) is 8.07. The largest absolute Gasteiger partial charge is 0.346 e. The van der Waals surface area contributed by atoms with Crippen molar-refractivity contribution in [3.63, 3.8) is 0 Å². The molecule has 0 fully saturated rings. The summed E-state index contributed by atoms with van der Waals surface area (Å²) in [6.07, 6.45) is 0.468. The molecule has 0 saturated heterocycles. The molecule has 0 aliphatic carbocycles. The van der Waals surface area contributed by atoms with E-state index in [1.165, 1.54) is 5.56 Å². The first-order chi connectivity index (χ1) is 11.6. The molecular formula is C19H20BrN3O. The standard InChI is InChI=1S/C19H20BrN3O/c1-3-18(24)21-13(2)19-22-16-9-4-5-10-17(16)23(19)12-14-7-6-8-15(20)11-14/h4-11,13H,3,12H2,1-2H3,(H,21,24). The van der Waals surface area contributed by atoms with Gasteiger partial charge in [-0.1, -0.05) is 47.1 Å². The molecule has 124 valence electrons. The number of aromatic nitrogens is 2. The number of halogens is 1. The average molecular weight is 386 g/mol. The maximum Gasteiger partial charge on any atom is 0.220 e. The quantitative estimate of drug-likeness (QED) is 0.705. The third-order valence-corrected chi connectivity index (χ3v) is 4.49. The molecular weight excluding hydrogens is 366 g/mol. The lowest BCUT2D eigenvalue weighted by Crippen LogP contribution is -2.28. The maximum atomic E-state index is 11.8. The predicted molar refractivity (Wildman–Crippen MR) is 99.8 cm³/mol. The summed E-state index contributed by atoms with van der Waals surface area (Å²) in [5, 5.41) is 3.01. The summed E-state index contributed by atoms with van der Waals surface area (Å²) in [6.45, 7) is 4.54. The van der Waals surface area contributed by atoms with Crippen molar-refractivity contribution in [2.45, 2.75) is 32.9 Å². The van der Waals surface area contributed by atoms with Crippen LogP contribution < -0.4 is 5.32 Å². The van der Waals surface area contributed by atoms with Gasteiger partial charge >= 0.3 is 0 Å². The summed E-state index contributed by atoms with van der Waals surface area (Å²) in [7, 11) is 0. The highest BCUT2D eigenvalue weighted by Crippen LogP contribution is 2.23. The number of imidazole rings is 1. The molecule has 0 radical (unpaired) electrons. The van der Waals surface area contributed by atoms with Crippen LogP contribution in [-0.2, 0) is 11.3 Å². The van der Waals surface area contributed by atoms with Crippen molar-refractivity contribution in [2.24, 2.45) is 0 Å². The van der Waals surface area contributed by atoms with Gasteiger partial charge in [0.2, 0.25) is 5.91 Å². The first-order valence-corrected chi connectivity index (χ1v) is 8.86. The summed E-state index contributed by atoms with van der Waals surface area (Å²) in [4.78, 5) is 16.5. The number of carbonyl (C=O) groups is 1. The van der Waals surface area contributed by atoms with E-state index >= 15 is 0 Å². The minimum Gasteiger partial charge on any atom is -0.346 e. The van der Waals surface area contributed by atoms with Gasteiger partial charge in [-0.3, -0.25) is 4.79 Å². The Morgan fingerprint density at radius 1 is 1.25 bits per heavy atom. The number of nitrogens with one attached hydrogen (secondary N) is 1. The number of fused-ring (bicyclic) bond motifs is 1. The first kappa shape index (κ1) is 16.7. The van der Waals surface area contributed by atoms with Gasteiger partial charge in [0.05, 0.1) is 17.1 Å². The van der Waals surface area contributed by atoms with Gasteiger partial charge in [-0.15, -0.1) is 0 Å². The molecule has 3 rings (SSSR count). The second-order valence-corrected chi connectivity index (χ2v) is 6.73. The number of para-hydroxylation sites is 2. The van der Waals surface area contributed by atoms with Crippen LogP contribution in [0.1, 0.15) is 37.7 Å². The topological polar surface area (TPSA) is 46.9 Å². The Balaban J connectivity index is 2.03. The fraction of sp³-hybridized carbons (Fsp3) is 0.263. The van der Waals surface area contributed by atoms with Crippen molar-refractivity contribution in [1.82, 2.24) is 14.9 Å². The van der Waals surface area contributed by atoms with Gasteiger partial charge < -0.3 is 9.88 Å². The van der Waals surface area contributed by atoms with E-state index < -0.39 is 0 Å². The van der Waals surface area contributed by atoms with E-state index in [0.717, 1.165) is 21.3 Å². The van der Waals surface area contributed by atoms with Crippen LogP contribution in [0.2, 0.25) is 0 Å². The third-order valence-electron chi connectivity index (χ3n) is 4.00. The summed E-state index contributed by atoms with van der Waals surface area (Å²) in [5.41, 5.74) is 3.20. The lowest BCUT2D eigenvalue weighted by Gasteiger charge is -2.16. The van der Waals surface area contributed by atoms with Gasteiger partial charge in [0.15, 0.2) is 0 Å². The molecule has 3 aromatic rings. The fourth-order valence-electron chi connectivity index (χ4n) is 2.82. The van der Waals surface area contributed by atoms with Crippen LogP contribution in [0.25, 0.3) is 11.0 Å². The highest BCUT2D eigenvalue weighted by atomic mass is 79.9. The zero-order valence-corrected chi connectivity index (χ0v) is 15.4. The predicted octanol–water partition coefficient (Wildman–Crippen LogP) is 4.43. The molecule has 1 amide bonds. The highest BCUT2D eigenvalue weighted by Gasteiger charge is 2.18. The smallest absolute Gasteiger partial charge is 0.220 e. The Kier molecular flexibility index (Phi) is 5.00. The number of carbonyl (C=O) groups excluding carboxylic acids is 1. The Hall–Kier alpha value is -2.14. The third kappa shape index (κ3) is 3.51. The van der Waals surface area contributed by atoms with Gasteiger partial charge in [-0.25, -0.2) is 4.98 Å². The molecule has 0 saturated carbocycles. The lowest BCUT2D eigenvalue weighted by molar-refractivity contribution is -0.121. The van der Waals surface area contributed by atoms with Crippen LogP contribution in [0.5, 0.6) is 0 Å². The zero-order valence-electron chi connectivity index (χ0n) is 13.8. The van der Waals surface area contributed by atoms with Gasteiger partial charge in [-0.2, -0.15) is 0 Å². The molecule has 24 heavy (non-hydrogen) atoms. The molecule has 1 N–H and O–H groups in total. The van der Waals surface area contributed by atoms with Crippen molar-refractivity contribution in [3.8, 4) is 0 Å². The van der Waals surface area contributed by atoms with E-state index in [0.29, 0.717) is 13.0 Å². The SMILES string of the molecule is CCC(=O)NC(C)c1nc2ccccc2n1Cc1cccc(Br)c1. The second-order valence-electron chi connectivity index (χ2n) is 5.82. The Morgan fingerprint density at radius 2 is 2.04 bits per heavy atom. The van der Waals surface area contributed by atoms with Gasteiger partial charge in [0.25, 0.3) is 0 Å². The van der Waals surface area contributed by atoms with E-state index in [1.54, 1.807) is 0 Å². The second kappa shape index (κ2) is 7.18. The Morgan fingerprint density at radius 3 is 2.79 bits per heavy atom. The average Bonchev–Trinajstić information content (AvgIpc) is 2.93.